The number of benzene rings is 1. The lowest BCUT2D eigenvalue weighted by Gasteiger charge is -2.16. The lowest BCUT2D eigenvalue weighted by atomic mass is 10.0. The lowest BCUT2D eigenvalue weighted by molar-refractivity contribution is 0.697. The second kappa shape index (κ2) is 10.7. The second-order valence-electron chi connectivity index (χ2n) is 5.94. The van der Waals surface area contributed by atoms with E-state index in [1.807, 2.05) is 6.07 Å². The van der Waals surface area contributed by atoms with E-state index in [-0.39, 0.29) is 24.0 Å². The third-order valence-corrected chi connectivity index (χ3v) is 4.60. The molecule has 2 aromatic rings. The highest BCUT2D eigenvalue weighted by Gasteiger charge is 2.08. The molecule has 0 radical (unpaired) electrons. The molecule has 1 unspecified atom stereocenters. The molecule has 0 saturated carbocycles. The van der Waals surface area contributed by atoms with Gasteiger partial charge in [0.1, 0.15) is 5.01 Å². The number of guanidine groups is 1. The topological polar surface area (TPSA) is 49.3 Å². The van der Waals surface area contributed by atoms with Crippen LogP contribution in [-0.4, -0.2) is 24.5 Å². The van der Waals surface area contributed by atoms with Crippen LogP contribution in [0.3, 0.4) is 0 Å². The van der Waals surface area contributed by atoms with E-state index in [0.29, 0.717) is 18.4 Å². The van der Waals surface area contributed by atoms with Crippen LogP contribution in [0.4, 0.5) is 0 Å². The standard InChI is InChI=1S/C18H26N4S.HI/c1-13(2)16-12-23-17(22-16)11-21-18(19-4)20-10-14(3)15-8-6-5-7-9-15;/h5-9,12-14H,10-11H2,1-4H3,(H2,19,20,21);1H. The zero-order valence-electron chi connectivity index (χ0n) is 14.7. The van der Waals surface area contributed by atoms with Gasteiger partial charge in [-0.1, -0.05) is 51.1 Å². The summed E-state index contributed by atoms with van der Waals surface area (Å²) in [6.45, 7) is 8.09. The SMILES string of the molecule is CN=C(NCc1nc(C(C)C)cs1)NCC(C)c1ccccc1.I. The molecule has 0 aliphatic carbocycles. The first kappa shape index (κ1) is 20.9. The second-order valence-corrected chi connectivity index (χ2v) is 6.88. The summed E-state index contributed by atoms with van der Waals surface area (Å²) < 4.78 is 0. The summed E-state index contributed by atoms with van der Waals surface area (Å²) in [7, 11) is 1.80. The molecule has 1 aromatic heterocycles. The maximum atomic E-state index is 4.63. The van der Waals surface area contributed by atoms with Crippen LogP contribution >= 0.6 is 35.3 Å². The number of rotatable bonds is 6. The normalized spacial score (nSPS) is 12.6. The third-order valence-electron chi connectivity index (χ3n) is 3.74. The average molecular weight is 458 g/mol. The fourth-order valence-corrected chi connectivity index (χ4v) is 3.10. The van der Waals surface area contributed by atoms with E-state index in [1.165, 1.54) is 5.56 Å². The minimum atomic E-state index is 0. The van der Waals surface area contributed by atoms with Crippen molar-refractivity contribution >= 4 is 41.3 Å². The van der Waals surface area contributed by atoms with E-state index < -0.39 is 0 Å². The largest absolute Gasteiger partial charge is 0.356 e. The molecule has 0 bridgehead atoms. The van der Waals surface area contributed by atoms with Gasteiger partial charge < -0.3 is 10.6 Å². The van der Waals surface area contributed by atoms with Crippen LogP contribution in [0, 0.1) is 0 Å². The average Bonchev–Trinajstić information content (AvgIpc) is 3.05. The Morgan fingerprint density at radius 2 is 1.88 bits per heavy atom. The Bertz CT molecular complexity index is 625. The number of aliphatic imine (C=N–C) groups is 1. The van der Waals surface area contributed by atoms with Crippen molar-refractivity contribution in [2.45, 2.75) is 39.2 Å². The van der Waals surface area contributed by atoms with Gasteiger partial charge in [-0.3, -0.25) is 4.99 Å². The fourth-order valence-electron chi connectivity index (χ4n) is 2.20. The number of hydrogen-bond donors (Lipinski definition) is 2. The molecule has 0 fully saturated rings. The number of aromatic nitrogens is 1. The fraction of sp³-hybridized carbons (Fsp3) is 0.444. The van der Waals surface area contributed by atoms with E-state index in [9.17, 15) is 0 Å². The summed E-state index contributed by atoms with van der Waals surface area (Å²) in [6, 6.07) is 10.5. The molecule has 0 amide bonds. The first-order chi connectivity index (χ1) is 11.1. The van der Waals surface area contributed by atoms with Crippen molar-refractivity contribution in [3.05, 3.63) is 52.0 Å². The van der Waals surface area contributed by atoms with Gasteiger partial charge in [-0.05, 0) is 17.4 Å². The Labute approximate surface area is 166 Å². The molecule has 0 aliphatic rings. The molecule has 2 N–H and O–H groups in total. The van der Waals surface area contributed by atoms with E-state index in [0.717, 1.165) is 23.2 Å². The molecule has 2 rings (SSSR count). The molecular formula is C18H27IN4S. The van der Waals surface area contributed by atoms with E-state index in [4.69, 9.17) is 0 Å². The first-order valence-electron chi connectivity index (χ1n) is 8.04. The minimum Gasteiger partial charge on any atom is -0.356 e. The van der Waals surface area contributed by atoms with Gasteiger partial charge in [0.2, 0.25) is 0 Å². The number of hydrogen-bond acceptors (Lipinski definition) is 3. The van der Waals surface area contributed by atoms with E-state index in [2.05, 4.69) is 71.0 Å². The van der Waals surface area contributed by atoms with Crippen LogP contribution in [0.25, 0.3) is 0 Å². The molecule has 1 atom stereocenters. The van der Waals surface area contributed by atoms with Crippen molar-refractivity contribution in [2.75, 3.05) is 13.6 Å². The van der Waals surface area contributed by atoms with Crippen molar-refractivity contribution in [3.8, 4) is 0 Å². The zero-order chi connectivity index (χ0) is 16.7. The molecule has 24 heavy (non-hydrogen) atoms. The van der Waals surface area contributed by atoms with Crippen molar-refractivity contribution in [1.29, 1.82) is 0 Å². The van der Waals surface area contributed by atoms with Gasteiger partial charge in [0, 0.05) is 19.0 Å². The van der Waals surface area contributed by atoms with Gasteiger partial charge in [0.15, 0.2) is 5.96 Å². The zero-order valence-corrected chi connectivity index (χ0v) is 17.9. The van der Waals surface area contributed by atoms with Gasteiger partial charge in [0.05, 0.1) is 12.2 Å². The highest BCUT2D eigenvalue weighted by Crippen LogP contribution is 2.17. The van der Waals surface area contributed by atoms with Gasteiger partial charge in [0.25, 0.3) is 0 Å². The number of thiazole rings is 1. The van der Waals surface area contributed by atoms with Gasteiger partial charge >= 0.3 is 0 Å². The molecule has 1 heterocycles. The highest BCUT2D eigenvalue weighted by atomic mass is 127. The predicted molar refractivity (Wildman–Crippen MR) is 115 cm³/mol. The monoisotopic (exact) mass is 458 g/mol. The van der Waals surface area contributed by atoms with Crippen LogP contribution in [-0.2, 0) is 6.54 Å². The first-order valence-corrected chi connectivity index (χ1v) is 8.92. The molecule has 0 aliphatic heterocycles. The highest BCUT2D eigenvalue weighted by molar-refractivity contribution is 14.0. The maximum absolute atomic E-state index is 4.63. The molecular weight excluding hydrogens is 431 g/mol. The van der Waals surface area contributed by atoms with Crippen molar-refractivity contribution in [2.24, 2.45) is 4.99 Å². The summed E-state index contributed by atoms with van der Waals surface area (Å²) in [6.07, 6.45) is 0. The molecule has 132 valence electrons. The summed E-state index contributed by atoms with van der Waals surface area (Å²) in [5.41, 5.74) is 2.49. The Morgan fingerprint density at radius 1 is 1.17 bits per heavy atom. The molecule has 1 aromatic carbocycles. The van der Waals surface area contributed by atoms with Crippen LogP contribution in [0.2, 0.25) is 0 Å². The number of halogens is 1. The molecule has 6 heteroatoms. The number of nitrogens with one attached hydrogen (secondary N) is 2. The molecule has 0 saturated heterocycles. The smallest absolute Gasteiger partial charge is 0.191 e. The van der Waals surface area contributed by atoms with E-state index in [1.54, 1.807) is 18.4 Å². The summed E-state index contributed by atoms with van der Waals surface area (Å²) >= 11 is 1.70. The summed E-state index contributed by atoms with van der Waals surface area (Å²) in [5.74, 6) is 1.72. The quantitative estimate of drug-likeness (QED) is 0.385. The van der Waals surface area contributed by atoms with Crippen LogP contribution in [0.1, 0.15) is 48.9 Å². The Hall–Kier alpha value is -1.15. The Balaban J connectivity index is 0.00000288. The van der Waals surface area contributed by atoms with Crippen molar-refractivity contribution in [1.82, 2.24) is 15.6 Å². The van der Waals surface area contributed by atoms with Crippen LogP contribution < -0.4 is 10.6 Å². The lowest BCUT2D eigenvalue weighted by Crippen LogP contribution is -2.38. The van der Waals surface area contributed by atoms with Crippen molar-refractivity contribution in [3.63, 3.8) is 0 Å². The molecule has 4 nitrogen and oxygen atoms in total. The van der Waals surface area contributed by atoms with Gasteiger partial charge in [-0.15, -0.1) is 35.3 Å². The minimum absolute atomic E-state index is 0. The summed E-state index contributed by atoms with van der Waals surface area (Å²) in [4.78, 5) is 8.91. The Morgan fingerprint density at radius 3 is 2.46 bits per heavy atom. The van der Waals surface area contributed by atoms with E-state index >= 15 is 0 Å². The van der Waals surface area contributed by atoms with Crippen molar-refractivity contribution < 1.29 is 0 Å². The van der Waals surface area contributed by atoms with Crippen LogP contribution in [0.15, 0.2) is 40.7 Å². The predicted octanol–water partition coefficient (Wildman–Crippen LogP) is 4.35. The Kier molecular flexibility index (Phi) is 9.28. The molecule has 0 spiro atoms. The number of nitrogens with zero attached hydrogens (tertiary/aromatic N) is 2. The van der Waals surface area contributed by atoms with Crippen LogP contribution in [0.5, 0.6) is 0 Å². The van der Waals surface area contributed by atoms with Gasteiger partial charge in [-0.2, -0.15) is 0 Å². The van der Waals surface area contributed by atoms with Gasteiger partial charge in [-0.25, -0.2) is 4.98 Å². The maximum Gasteiger partial charge on any atom is 0.191 e. The third kappa shape index (κ3) is 6.39. The summed E-state index contributed by atoms with van der Waals surface area (Å²) in [5, 5.41) is 9.94.